The largest absolute Gasteiger partial charge is 0.481 e. The number of hydrogen-bond donors (Lipinski definition) is 2. The summed E-state index contributed by atoms with van der Waals surface area (Å²) in [6.45, 7) is 0. The van der Waals surface area contributed by atoms with Gasteiger partial charge in [0, 0.05) is 6.42 Å². The molecule has 1 unspecified atom stereocenters. The van der Waals surface area contributed by atoms with Gasteiger partial charge in [-0.25, -0.2) is 0 Å². The Morgan fingerprint density at radius 1 is 1.35 bits per heavy atom. The number of carboxylic acids is 1. The Labute approximate surface area is 116 Å². The predicted molar refractivity (Wildman–Crippen MR) is 71.5 cm³/mol. The summed E-state index contributed by atoms with van der Waals surface area (Å²) < 4.78 is 5.63. The first kappa shape index (κ1) is 13.0. The molecule has 5 nitrogen and oxygen atoms in total. The Kier molecular flexibility index (Phi) is 3.12. The molecule has 1 amide bonds. The number of carbonyl (C=O) groups is 2. The van der Waals surface area contributed by atoms with Gasteiger partial charge in [-0.3, -0.25) is 9.59 Å². The van der Waals surface area contributed by atoms with E-state index in [4.69, 9.17) is 9.84 Å². The van der Waals surface area contributed by atoms with Gasteiger partial charge in [0.25, 0.3) is 5.91 Å². The number of fused-ring (bicyclic) bond motifs is 1. The monoisotopic (exact) mass is 275 g/mol. The summed E-state index contributed by atoms with van der Waals surface area (Å²) in [4.78, 5) is 23.2. The third kappa shape index (κ3) is 2.35. The van der Waals surface area contributed by atoms with Gasteiger partial charge in [0.1, 0.15) is 5.75 Å². The van der Waals surface area contributed by atoms with Gasteiger partial charge in [0.05, 0.1) is 12.0 Å². The van der Waals surface area contributed by atoms with Crippen molar-refractivity contribution in [3.63, 3.8) is 0 Å². The maximum absolute atomic E-state index is 12.3. The lowest BCUT2D eigenvalue weighted by Crippen LogP contribution is -2.57. The molecule has 2 aliphatic rings. The molecule has 0 bridgehead atoms. The Morgan fingerprint density at radius 3 is 2.70 bits per heavy atom. The van der Waals surface area contributed by atoms with E-state index in [0.29, 0.717) is 6.42 Å². The highest BCUT2D eigenvalue weighted by atomic mass is 16.5. The highest BCUT2D eigenvalue weighted by molar-refractivity contribution is 5.84. The molecule has 0 spiro atoms. The number of ether oxygens (including phenoxy) is 1. The van der Waals surface area contributed by atoms with E-state index in [9.17, 15) is 9.59 Å². The van der Waals surface area contributed by atoms with Crippen molar-refractivity contribution >= 4 is 11.9 Å². The first-order valence-electron chi connectivity index (χ1n) is 6.86. The SMILES string of the molecule is O=C(O)CC1(NC(=O)C2Cc3ccccc3O2)CCC1. The maximum Gasteiger partial charge on any atom is 0.305 e. The fraction of sp³-hybridized carbons (Fsp3) is 0.467. The van der Waals surface area contributed by atoms with Crippen molar-refractivity contribution in [1.29, 1.82) is 0 Å². The van der Waals surface area contributed by atoms with E-state index < -0.39 is 17.6 Å². The van der Waals surface area contributed by atoms with Crippen molar-refractivity contribution in [1.82, 2.24) is 5.32 Å². The fourth-order valence-electron chi connectivity index (χ4n) is 2.91. The van der Waals surface area contributed by atoms with Crippen LogP contribution < -0.4 is 10.1 Å². The Hall–Kier alpha value is -2.04. The zero-order valence-corrected chi connectivity index (χ0v) is 11.1. The minimum atomic E-state index is -0.874. The summed E-state index contributed by atoms with van der Waals surface area (Å²) in [5.41, 5.74) is 0.453. The summed E-state index contributed by atoms with van der Waals surface area (Å²) in [5.74, 6) is -0.337. The molecule has 0 radical (unpaired) electrons. The normalized spacial score (nSPS) is 22.3. The number of rotatable bonds is 4. The standard InChI is InChI=1S/C15H17NO4/c17-13(18)9-15(6-3-7-15)16-14(19)12-8-10-4-1-2-5-11(10)20-12/h1-2,4-5,12H,3,6-9H2,(H,16,19)(H,17,18). The lowest BCUT2D eigenvalue weighted by atomic mass is 9.74. The van der Waals surface area contributed by atoms with Gasteiger partial charge in [0.15, 0.2) is 6.10 Å². The van der Waals surface area contributed by atoms with Crippen LogP contribution in [0.1, 0.15) is 31.2 Å². The lowest BCUT2D eigenvalue weighted by Gasteiger charge is -2.41. The van der Waals surface area contributed by atoms with Gasteiger partial charge in [-0.1, -0.05) is 18.2 Å². The first-order chi connectivity index (χ1) is 9.58. The fourth-order valence-corrected chi connectivity index (χ4v) is 2.91. The van der Waals surface area contributed by atoms with Crippen LogP contribution in [0.4, 0.5) is 0 Å². The zero-order chi connectivity index (χ0) is 14.2. The van der Waals surface area contributed by atoms with Gasteiger partial charge in [-0.15, -0.1) is 0 Å². The number of nitrogens with one attached hydrogen (secondary N) is 1. The van der Waals surface area contributed by atoms with Crippen LogP contribution in [0.15, 0.2) is 24.3 Å². The van der Waals surface area contributed by atoms with Gasteiger partial charge >= 0.3 is 5.97 Å². The second-order valence-electron chi connectivity index (χ2n) is 5.61. The third-order valence-electron chi connectivity index (χ3n) is 4.13. The first-order valence-corrected chi connectivity index (χ1v) is 6.86. The second-order valence-corrected chi connectivity index (χ2v) is 5.61. The van der Waals surface area contributed by atoms with Crippen LogP contribution in [0, 0.1) is 0 Å². The van der Waals surface area contributed by atoms with Crippen LogP contribution in [0.3, 0.4) is 0 Å². The minimum absolute atomic E-state index is 0.0155. The van der Waals surface area contributed by atoms with Gasteiger partial charge in [-0.05, 0) is 30.9 Å². The molecule has 2 N–H and O–H groups in total. The molecule has 106 valence electrons. The molecular formula is C15H17NO4. The number of carbonyl (C=O) groups excluding carboxylic acids is 1. The highest BCUT2D eigenvalue weighted by Gasteiger charge is 2.42. The zero-order valence-electron chi connectivity index (χ0n) is 11.1. The minimum Gasteiger partial charge on any atom is -0.481 e. The summed E-state index contributed by atoms with van der Waals surface area (Å²) in [5, 5.41) is 11.8. The van der Waals surface area contributed by atoms with E-state index in [-0.39, 0.29) is 12.3 Å². The number of carboxylic acid groups (broad SMARTS) is 1. The molecule has 1 aliphatic carbocycles. The summed E-state index contributed by atoms with van der Waals surface area (Å²) >= 11 is 0. The highest BCUT2D eigenvalue weighted by Crippen LogP contribution is 2.36. The van der Waals surface area contributed by atoms with Gasteiger partial charge < -0.3 is 15.2 Å². The van der Waals surface area contributed by atoms with Gasteiger partial charge in [-0.2, -0.15) is 0 Å². The van der Waals surface area contributed by atoms with Crippen LogP contribution in [0.25, 0.3) is 0 Å². The molecule has 3 rings (SSSR count). The Bertz CT molecular complexity index is 526. The summed E-state index contributed by atoms with van der Waals surface area (Å²) in [7, 11) is 0. The van der Waals surface area contributed by atoms with E-state index >= 15 is 0 Å². The summed E-state index contributed by atoms with van der Waals surface area (Å²) in [6, 6.07) is 7.58. The smallest absolute Gasteiger partial charge is 0.305 e. The number of para-hydroxylation sites is 1. The van der Waals surface area contributed by atoms with Crippen molar-refractivity contribution in [3.05, 3.63) is 29.8 Å². The van der Waals surface area contributed by atoms with Crippen molar-refractivity contribution in [2.45, 2.75) is 43.7 Å². The van der Waals surface area contributed by atoms with E-state index in [2.05, 4.69) is 5.32 Å². The molecule has 1 heterocycles. The quantitative estimate of drug-likeness (QED) is 0.873. The predicted octanol–water partition coefficient (Wildman–Crippen LogP) is 1.50. The van der Waals surface area contributed by atoms with Crippen LogP contribution in [-0.4, -0.2) is 28.6 Å². The Balaban J connectivity index is 1.65. The van der Waals surface area contributed by atoms with Crippen molar-refractivity contribution in [2.24, 2.45) is 0 Å². The van der Waals surface area contributed by atoms with Crippen LogP contribution >= 0.6 is 0 Å². The van der Waals surface area contributed by atoms with Crippen molar-refractivity contribution in [2.75, 3.05) is 0 Å². The maximum atomic E-state index is 12.3. The van der Waals surface area contributed by atoms with E-state index in [1.54, 1.807) is 0 Å². The topological polar surface area (TPSA) is 75.6 Å². The molecule has 1 aromatic rings. The molecular weight excluding hydrogens is 258 g/mol. The number of amides is 1. The number of hydrogen-bond acceptors (Lipinski definition) is 3. The van der Waals surface area contributed by atoms with E-state index in [0.717, 1.165) is 30.6 Å². The molecule has 1 atom stereocenters. The van der Waals surface area contributed by atoms with E-state index in [1.165, 1.54) is 0 Å². The summed E-state index contributed by atoms with van der Waals surface area (Å²) in [6.07, 6.45) is 2.40. The number of benzene rings is 1. The molecule has 0 saturated heterocycles. The van der Waals surface area contributed by atoms with Crippen LogP contribution in [0.5, 0.6) is 5.75 Å². The van der Waals surface area contributed by atoms with Crippen LogP contribution in [-0.2, 0) is 16.0 Å². The Morgan fingerprint density at radius 2 is 2.10 bits per heavy atom. The molecule has 1 aliphatic heterocycles. The van der Waals surface area contributed by atoms with E-state index in [1.807, 2.05) is 24.3 Å². The number of aliphatic carboxylic acids is 1. The molecule has 1 saturated carbocycles. The van der Waals surface area contributed by atoms with Gasteiger partial charge in [0.2, 0.25) is 0 Å². The van der Waals surface area contributed by atoms with Crippen molar-refractivity contribution < 1.29 is 19.4 Å². The molecule has 1 aromatic carbocycles. The molecule has 20 heavy (non-hydrogen) atoms. The molecule has 5 heteroatoms. The van der Waals surface area contributed by atoms with Crippen LogP contribution in [0.2, 0.25) is 0 Å². The average molecular weight is 275 g/mol. The average Bonchev–Trinajstić information content (AvgIpc) is 2.79. The molecule has 1 fully saturated rings. The third-order valence-corrected chi connectivity index (χ3v) is 4.13. The lowest BCUT2D eigenvalue weighted by molar-refractivity contribution is -0.141. The molecule has 0 aromatic heterocycles. The second kappa shape index (κ2) is 4.81. The van der Waals surface area contributed by atoms with Crippen molar-refractivity contribution in [3.8, 4) is 5.75 Å².